The molecular weight excluding hydrogens is 1090 g/mol. The monoisotopic (exact) mass is 1140 g/mol. The molecule has 0 spiro atoms. The maximum atomic E-state index is 13.6. The lowest BCUT2D eigenvalue weighted by Crippen LogP contribution is -2.45. The van der Waals surface area contributed by atoms with Gasteiger partial charge in [-0.25, -0.2) is 37.8 Å². The summed E-state index contributed by atoms with van der Waals surface area (Å²) in [6, 6.07) is 0.983. The van der Waals surface area contributed by atoms with E-state index in [-0.39, 0.29) is 34.1 Å². The second-order valence-electron chi connectivity index (χ2n) is 17.7. The van der Waals surface area contributed by atoms with E-state index in [0.29, 0.717) is 0 Å². The number of nitrogens with two attached hydrogens (primary N) is 2. The van der Waals surface area contributed by atoms with Crippen LogP contribution in [-0.2, 0) is 66.9 Å². The van der Waals surface area contributed by atoms with Crippen molar-refractivity contribution in [3.63, 3.8) is 0 Å². The van der Waals surface area contributed by atoms with Crippen molar-refractivity contribution in [1.82, 2.24) is 53.8 Å². The third kappa shape index (κ3) is 11.9. The maximum Gasteiger partial charge on any atom is 0.487 e. The predicted molar refractivity (Wildman–Crippen MR) is 247 cm³/mol. The van der Waals surface area contributed by atoms with Gasteiger partial charge in [-0.15, -0.1) is 0 Å². The fourth-order valence-corrected chi connectivity index (χ4v) is 12.4. The average Bonchev–Trinajstić information content (AvgIpc) is 4.16. The Labute approximate surface area is 424 Å². The third-order valence-electron chi connectivity index (χ3n) is 12.5. The normalized spacial score (nSPS) is 29.1. The number of fused-ring (bicyclic) bond motifs is 2. The Kier molecular flexibility index (Phi) is 16.3. The topological polar surface area (TPSA) is 504 Å². The van der Waals surface area contributed by atoms with Crippen LogP contribution in [0.5, 0.6) is 0 Å². The lowest BCUT2D eigenvalue weighted by molar-refractivity contribution is -0.745. The number of phosphoric ester groups is 2. The van der Waals surface area contributed by atoms with Crippen LogP contribution in [0.15, 0.2) is 45.6 Å². The van der Waals surface area contributed by atoms with E-state index in [1.54, 1.807) is 0 Å². The van der Waals surface area contributed by atoms with Crippen LogP contribution in [0.1, 0.15) is 31.5 Å². The molecule has 0 aromatic carbocycles. The number of nitrogens with zero attached hydrogens (tertiary/aromatic N) is 9. The quantitative estimate of drug-likeness (QED) is 0.0257. The number of nitrogens with one attached hydrogen (secondary N) is 3. The number of aromatic amines is 2. The van der Waals surface area contributed by atoms with E-state index >= 15 is 0 Å². The summed E-state index contributed by atoms with van der Waals surface area (Å²) in [4.78, 5) is 119. The molecule has 39 heteroatoms. The number of H-pyrrole nitrogens is 2. The number of aliphatic hydroxyl groups excluding tert-OH is 3. The fraction of sp³-hybridized carbons (Fsp3) is 0.568. The number of rotatable bonds is 20. The Balaban J connectivity index is 0.938. The van der Waals surface area contributed by atoms with Gasteiger partial charge in [0.15, 0.2) is 30.2 Å². The van der Waals surface area contributed by atoms with Gasteiger partial charge < -0.3 is 75.2 Å². The molecule has 5 aromatic heterocycles. The molecular formula is C37H51N14O22P3. The highest BCUT2D eigenvalue weighted by atomic mass is 31.3. The van der Waals surface area contributed by atoms with Crippen LogP contribution < -0.4 is 43.1 Å². The van der Waals surface area contributed by atoms with Crippen LogP contribution in [0.3, 0.4) is 0 Å². The number of aryl methyl sites for hydroxylation is 1. The van der Waals surface area contributed by atoms with Crippen LogP contribution in [-0.4, -0.2) is 169 Å². The summed E-state index contributed by atoms with van der Waals surface area (Å²) < 4.78 is 86.0. The number of hydrogen-bond donors (Lipinski definition) is 10. The number of aliphatic hydroxyl groups is 3. The van der Waals surface area contributed by atoms with Crippen molar-refractivity contribution >= 4 is 69.4 Å². The average molecular weight is 1140 g/mol. The van der Waals surface area contributed by atoms with Gasteiger partial charge >= 0.3 is 27.0 Å². The summed E-state index contributed by atoms with van der Waals surface area (Å²) in [7, 11) is -12.7. The Morgan fingerprint density at radius 1 is 0.895 bits per heavy atom. The number of amides is 2. The molecule has 15 atom stereocenters. The summed E-state index contributed by atoms with van der Waals surface area (Å²) in [5.74, 6) is -4.08. The van der Waals surface area contributed by atoms with Crippen molar-refractivity contribution in [1.29, 1.82) is 0 Å². The van der Waals surface area contributed by atoms with Gasteiger partial charge in [0, 0.05) is 64.7 Å². The first-order chi connectivity index (χ1) is 35.7. The van der Waals surface area contributed by atoms with E-state index in [4.69, 9.17) is 39.5 Å². The molecule has 3 aliphatic heterocycles. The molecule has 416 valence electrons. The molecule has 12 N–H and O–H groups in total. The van der Waals surface area contributed by atoms with Crippen LogP contribution in [0.25, 0.3) is 22.3 Å². The minimum atomic E-state index is -6.22. The van der Waals surface area contributed by atoms with Crippen LogP contribution in [0.4, 0.5) is 11.8 Å². The number of ether oxygens (including phenoxy) is 4. The number of phosphoric acid groups is 3. The standard InChI is InChI=1S/C37H51N14O22P3/c1-47(2)22(54)8-15-18(70-33(25(15)55)51-14-48(3)24-31(51)45-36(39)46-32(24)58)10-67-74(60,61)72-76(64,65)73-75(62,63)68-11-19-16(28(66-4)35(71-19)50-13-43-23-29(38)41-12-42-30(23)50)7-21(53)40-9-17-26(56)27(57)34(69-17)49-6-5-20(52)44-37(49)59/h5-6,12-19,25-28,33-35,55-57H,7-11H2,1-4H3,(H9-,38,39,40,41,42,44,45,46,52,53,58,59,60,61,62,63,64,65)/t15-,16-,17-,18-,19-,25-,26-,27-,28-,33?,34-,35-/m1/s1. The van der Waals surface area contributed by atoms with Crippen molar-refractivity contribution in [3.8, 4) is 0 Å². The highest BCUT2D eigenvalue weighted by molar-refractivity contribution is 7.66. The van der Waals surface area contributed by atoms with Crippen molar-refractivity contribution in [3.05, 3.63) is 62.4 Å². The van der Waals surface area contributed by atoms with Crippen molar-refractivity contribution in [2.45, 2.75) is 74.3 Å². The first-order valence-electron chi connectivity index (χ1n) is 22.4. The largest absolute Gasteiger partial charge is 0.756 e. The Morgan fingerprint density at radius 2 is 1.59 bits per heavy atom. The molecule has 0 aliphatic carbocycles. The second-order valence-corrected chi connectivity index (χ2v) is 22.3. The van der Waals surface area contributed by atoms with E-state index in [0.717, 1.165) is 23.2 Å². The lowest BCUT2D eigenvalue weighted by Gasteiger charge is -2.27. The summed E-state index contributed by atoms with van der Waals surface area (Å²) in [5, 5.41) is 35.3. The Hall–Kier alpha value is -5.75. The van der Waals surface area contributed by atoms with Gasteiger partial charge in [-0.05, 0) is 0 Å². The number of imidazole rings is 2. The molecule has 8 heterocycles. The number of carbonyl (C=O) groups excluding carboxylic acids is 2. The maximum absolute atomic E-state index is 13.6. The number of nitrogen functional groups attached to an aromatic ring is 2. The smallest absolute Gasteiger partial charge is 0.487 e. The SMILES string of the molecule is CO[C@@H]1[C@H](CC(=O)NC[C@H]2O[C@@H](n3ccc(=O)[nH]c3=O)[C@H](O)[C@@H]2O)[C@@H](COP(=O)(O)OP(=O)(O)OP(=O)([O-])OC[C@H]2OC([n+]3cn(C)c4c(=O)[nH]c(N)nc43)[C@H](O)[C@@H]2CC(=O)N(C)C)O[C@H]1n1cnc2c(N)ncnc21. The molecule has 0 radical (unpaired) electrons. The third-order valence-corrected chi connectivity index (χ3v) is 16.7. The second kappa shape index (κ2) is 21.9. The summed E-state index contributed by atoms with van der Waals surface area (Å²) in [6.45, 7) is -2.61. The van der Waals surface area contributed by atoms with Gasteiger partial charge in [0.25, 0.3) is 24.9 Å². The van der Waals surface area contributed by atoms with Crippen LogP contribution in [0, 0.1) is 11.8 Å². The first kappa shape index (κ1) is 56.5. The Bertz CT molecular complexity index is 3330. The molecule has 3 fully saturated rings. The zero-order valence-corrected chi connectivity index (χ0v) is 42.7. The molecule has 3 saturated heterocycles. The van der Waals surface area contributed by atoms with E-state index in [2.05, 4.69) is 38.9 Å². The molecule has 4 unspecified atom stereocenters. The minimum absolute atomic E-state index is 0.00330. The predicted octanol–water partition coefficient (Wildman–Crippen LogP) is -5.15. The summed E-state index contributed by atoms with van der Waals surface area (Å²) in [6.07, 6.45) is -10.9. The highest BCUT2D eigenvalue weighted by Gasteiger charge is 2.52. The Morgan fingerprint density at radius 3 is 2.29 bits per heavy atom. The fourth-order valence-electron chi connectivity index (χ4n) is 8.95. The van der Waals surface area contributed by atoms with Crippen molar-refractivity contribution in [2.24, 2.45) is 18.9 Å². The molecule has 8 rings (SSSR count). The van der Waals surface area contributed by atoms with Crippen molar-refractivity contribution < 1.29 is 94.5 Å². The van der Waals surface area contributed by atoms with Gasteiger partial charge in [-0.3, -0.25) is 51.9 Å². The molecule has 36 nitrogen and oxygen atoms in total. The molecule has 0 saturated carbocycles. The molecule has 0 bridgehead atoms. The molecule has 3 aliphatic rings. The van der Waals surface area contributed by atoms with E-state index in [9.17, 15) is 67.7 Å². The molecule has 2 amide bonds. The van der Waals surface area contributed by atoms with Gasteiger partial charge in [-0.2, -0.15) is 4.31 Å². The van der Waals surface area contributed by atoms with Crippen molar-refractivity contribution in [2.75, 3.05) is 52.4 Å². The minimum Gasteiger partial charge on any atom is -0.756 e. The summed E-state index contributed by atoms with van der Waals surface area (Å²) in [5.41, 5.74) is 9.54. The van der Waals surface area contributed by atoms with Crippen LogP contribution >= 0.6 is 23.5 Å². The highest BCUT2D eigenvalue weighted by Crippen LogP contribution is 2.67. The van der Waals surface area contributed by atoms with E-state index < -0.39 is 158 Å². The lowest BCUT2D eigenvalue weighted by atomic mass is 9.93. The number of methoxy groups -OCH3 is 1. The zero-order chi connectivity index (χ0) is 55.3. The van der Waals surface area contributed by atoms with Crippen LogP contribution in [0.2, 0.25) is 0 Å². The molecule has 5 aromatic rings. The van der Waals surface area contributed by atoms with Gasteiger partial charge in [0.1, 0.15) is 42.4 Å². The number of anilines is 2. The van der Waals surface area contributed by atoms with Gasteiger partial charge in [0.05, 0.1) is 38.8 Å². The van der Waals surface area contributed by atoms with Gasteiger partial charge in [0.2, 0.25) is 23.6 Å². The number of carbonyl (C=O) groups is 2. The number of aromatic nitrogens is 10. The van der Waals surface area contributed by atoms with E-state index in [1.807, 2.05) is 4.98 Å². The van der Waals surface area contributed by atoms with Gasteiger partial charge in [-0.1, -0.05) is 4.98 Å². The zero-order valence-electron chi connectivity index (χ0n) is 40.0. The summed E-state index contributed by atoms with van der Waals surface area (Å²) >= 11 is 0. The first-order valence-corrected chi connectivity index (χ1v) is 26.8. The molecule has 76 heavy (non-hydrogen) atoms. The number of hydrogen-bond acceptors (Lipinski definition) is 26. The van der Waals surface area contributed by atoms with E-state index in [1.165, 1.54) is 59.5 Å².